The van der Waals surface area contributed by atoms with Gasteiger partial charge in [0.15, 0.2) is 20.9 Å². The molecule has 0 saturated carbocycles. The molecule has 1 aliphatic heterocycles. The Labute approximate surface area is 279 Å². The second kappa shape index (κ2) is 13.9. The van der Waals surface area contributed by atoms with Gasteiger partial charge in [-0.15, -0.1) is 0 Å². The Morgan fingerprint density at radius 2 is 1.98 bits per heavy atom. The first kappa shape index (κ1) is 34.8. The van der Waals surface area contributed by atoms with Gasteiger partial charge in [-0.1, -0.05) is 32.9 Å². The number of nitriles is 1. The van der Waals surface area contributed by atoms with Gasteiger partial charge in [0.25, 0.3) is 0 Å². The average Bonchev–Trinajstić information content (AvgIpc) is 3.28. The van der Waals surface area contributed by atoms with Crippen molar-refractivity contribution in [2.75, 3.05) is 51.4 Å². The third-order valence-electron chi connectivity index (χ3n) is 9.03. The maximum absolute atomic E-state index is 14.1. The first-order valence-corrected chi connectivity index (χ1v) is 20.0. The summed E-state index contributed by atoms with van der Waals surface area (Å²) in [5, 5.41) is 11.6. The van der Waals surface area contributed by atoms with E-state index >= 15 is 0 Å². The Morgan fingerprint density at radius 1 is 1.21 bits per heavy atom. The molecule has 2 aromatic heterocycles. The van der Waals surface area contributed by atoms with E-state index in [0.29, 0.717) is 71.9 Å². The summed E-state index contributed by atoms with van der Waals surface area (Å²) in [6.07, 6.45) is 2.21. The van der Waals surface area contributed by atoms with Gasteiger partial charge in [-0.25, -0.2) is 4.79 Å². The Balaban J connectivity index is 1.74. The molecular formula is C34H42N4O7SSi. The fourth-order valence-corrected chi connectivity index (χ4v) is 6.94. The average molecular weight is 679 g/mol. The fraction of sp³-hybridized carbons (Fsp3) is 0.471. The minimum atomic E-state index is -2.11. The highest BCUT2D eigenvalue weighted by Crippen LogP contribution is 2.40. The predicted molar refractivity (Wildman–Crippen MR) is 185 cm³/mol. The third kappa shape index (κ3) is 7.04. The lowest BCUT2D eigenvalue weighted by molar-refractivity contribution is 0.0512. The van der Waals surface area contributed by atoms with Gasteiger partial charge in [0.1, 0.15) is 23.2 Å². The highest BCUT2D eigenvalue weighted by molar-refractivity contribution is 7.90. The van der Waals surface area contributed by atoms with Crippen LogP contribution in [0.25, 0.3) is 33.0 Å². The van der Waals surface area contributed by atoms with Crippen molar-refractivity contribution in [3.63, 3.8) is 0 Å². The first-order valence-electron chi connectivity index (χ1n) is 15.5. The number of hydrogen-bond donors (Lipinski definition) is 0. The minimum absolute atomic E-state index is 0.00561. The summed E-state index contributed by atoms with van der Waals surface area (Å²) in [7, 11) is -0.589. The summed E-state index contributed by atoms with van der Waals surface area (Å²) in [4.78, 5) is 25.5. The third-order valence-corrected chi connectivity index (χ3v) is 14.2. The SMILES string of the molecule is COCOc1cc(-c2oc(=O)c3c(N4CCCOC[C@@H]4CO[Si](C)(C)C(C)(C)C)nc([S+](C)[O-])nc3c2C)c2c(C#N)cccc2c1. The summed E-state index contributed by atoms with van der Waals surface area (Å²) < 4.78 is 42.6. The molecule has 2 atom stereocenters. The van der Waals surface area contributed by atoms with Crippen LogP contribution >= 0.6 is 0 Å². The quantitative estimate of drug-likeness (QED) is 0.0901. The molecule has 250 valence electrons. The minimum Gasteiger partial charge on any atom is -0.609 e. The normalized spacial score (nSPS) is 16.7. The van der Waals surface area contributed by atoms with E-state index in [-0.39, 0.29) is 34.2 Å². The lowest BCUT2D eigenvalue weighted by Gasteiger charge is -2.39. The molecular weight excluding hydrogens is 637 g/mol. The van der Waals surface area contributed by atoms with Crippen LogP contribution in [-0.2, 0) is 25.1 Å². The molecule has 5 rings (SSSR count). The number of anilines is 1. The molecule has 2 aromatic carbocycles. The van der Waals surface area contributed by atoms with Gasteiger partial charge in [0.05, 0.1) is 36.4 Å². The van der Waals surface area contributed by atoms with E-state index in [0.717, 1.165) is 5.39 Å². The van der Waals surface area contributed by atoms with Gasteiger partial charge in [-0.2, -0.15) is 15.2 Å². The number of aromatic nitrogens is 2. The van der Waals surface area contributed by atoms with Gasteiger partial charge in [-0.05, 0) is 55.1 Å². The van der Waals surface area contributed by atoms with Crippen molar-refractivity contribution in [1.82, 2.24) is 9.97 Å². The number of rotatable bonds is 9. The van der Waals surface area contributed by atoms with E-state index in [9.17, 15) is 14.6 Å². The molecule has 0 N–H and O–H groups in total. The van der Waals surface area contributed by atoms with Crippen molar-refractivity contribution in [2.24, 2.45) is 0 Å². The molecule has 1 saturated heterocycles. The van der Waals surface area contributed by atoms with E-state index in [1.807, 2.05) is 11.0 Å². The lowest BCUT2D eigenvalue weighted by Crippen LogP contribution is -2.48. The summed E-state index contributed by atoms with van der Waals surface area (Å²) in [6, 6.07) is 10.9. The molecule has 1 fully saturated rings. The van der Waals surface area contributed by atoms with Gasteiger partial charge >= 0.3 is 10.8 Å². The predicted octanol–water partition coefficient (Wildman–Crippen LogP) is 5.92. The Morgan fingerprint density at radius 3 is 2.66 bits per heavy atom. The van der Waals surface area contributed by atoms with Crippen LogP contribution < -0.4 is 15.3 Å². The zero-order valence-corrected chi connectivity index (χ0v) is 30.1. The Kier molecular flexibility index (Phi) is 10.3. The van der Waals surface area contributed by atoms with E-state index in [1.54, 1.807) is 31.2 Å². The Bertz CT molecular complexity index is 1880. The number of benzene rings is 2. The summed E-state index contributed by atoms with van der Waals surface area (Å²) >= 11 is -1.56. The van der Waals surface area contributed by atoms with E-state index in [1.165, 1.54) is 13.4 Å². The van der Waals surface area contributed by atoms with Crippen LogP contribution in [0, 0.1) is 18.3 Å². The van der Waals surface area contributed by atoms with Gasteiger partial charge in [0, 0.05) is 48.0 Å². The maximum atomic E-state index is 14.1. The van der Waals surface area contributed by atoms with Gasteiger partial charge in [-0.3, -0.25) is 0 Å². The topological polar surface area (TPSA) is 143 Å². The molecule has 0 spiro atoms. The molecule has 13 heteroatoms. The zero-order valence-electron chi connectivity index (χ0n) is 28.3. The van der Waals surface area contributed by atoms with Crippen LogP contribution in [0.2, 0.25) is 18.1 Å². The van der Waals surface area contributed by atoms with Crippen LogP contribution in [0.3, 0.4) is 0 Å². The van der Waals surface area contributed by atoms with Crippen molar-refractivity contribution >= 4 is 47.0 Å². The van der Waals surface area contributed by atoms with Crippen molar-refractivity contribution in [2.45, 2.75) is 63.4 Å². The molecule has 11 nitrogen and oxygen atoms in total. The second-order valence-corrected chi connectivity index (χ2v) is 19.3. The second-order valence-electron chi connectivity index (χ2n) is 13.2. The molecule has 4 aromatic rings. The Hall–Kier alpha value is -3.51. The maximum Gasteiger partial charge on any atom is 0.349 e. The number of aryl methyl sites for hydroxylation is 1. The van der Waals surface area contributed by atoms with E-state index in [4.69, 9.17) is 28.0 Å². The number of hydrogen-bond acceptors (Lipinski definition) is 11. The standard InChI is InChI=1S/C34H42N4O7SSi/c1-21-29-28(32(39)45-30(21)26-16-25(43-20-41-5)15-22-11-9-12-23(17-35)27(22)26)31(37-33(36-29)46(6)40)38-13-10-14-42-18-24(38)19-44-47(7,8)34(2,3)4/h9,11-12,15-16,24H,10,13-14,18-20H2,1-8H3/t24-,46?/m1/s1. The summed E-state index contributed by atoms with van der Waals surface area (Å²) in [6.45, 7) is 14.6. The molecule has 47 heavy (non-hydrogen) atoms. The van der Waals surface area contributed by atoms with Crippen LogP contribution in [0.1, 0.15) is 38.3 Å². The van der Waals surface area contributed by atoms with E-state index < -0.39 is 25.1 Å². The van der Waals surface area contributed by atoms with E-state index in [2.05, 4.69) is 44.9 Å². The number of nitrogens with zero attached hydrogens (tertiary/aromatic N) is 4. The number of fused-ring (bicyclic) bond motifs is 2. The largest absolute Gasteiger partial charge is 0.609 e. The number of ether oxygens (including phenoxy) is 3. The molecule has 1 unspecified atom stereocenters. The van der Waals surface area contributed by atoms with Gasteiger partial charge < -0.3 is 32.5 Å². The highest BCUT2D eigenvalue weighted by Gasteiger charge is 2.39. The summed E-state index contributed by atoms with van der Waals surface area (Å²) in [5.74, 6) is 1.05. The van der Waals surface area contributed by atoms with Crippen LogP contribution in [0.4, 0.5) is 5.82 Å². The molecule has 0 radical (unpaired) electrons. The summed E-state index contributed by atoms with van der Waals surface area (Å²) in [5.41, 5.74) is 1.11. The van der Waals surface area contributed by atoms with Crippen LogP contribution in [0.15, 0.2) is 44.7 Å². The zero-order chi connectivity index (χ0) is 34.1. The molecule has 0 aliphatic carbocycles. The van der Waals surface area contributed by atoms with Crippen molar-refractivity contribution in [1.29, 1.82) is 5.26 Å². The monoisotopic (exact) mass is 678 g/mol. The lowest BCUT2D eigenvalue weighted by atomic mass is 9.95. The fourth-order valence-electron chi connectivity index (χ4n) is 5.46. The van der Waals surface area contributed by atoms with Gasteiger partial charge in [0.2, 0.25) is 0 Å². The highest BCUT2D eigenvalue weighted by atomic mass is 32.2. The smallest absolute Gasteiger partial charge is 0.349 e. The van der Waals surface area contributed by atoms with Crippen molar-refractivity contribution in [3.05, 3.63) is 51.9 Å². The molecule has 0 amide bonds. The van der Waals surface area contributed by atoms with Crippen molar-refractivity contribution < 1.29 is 27.6 Å². The first-order chi connectivity index (χ1) is 22.3. The molecule has 3 heterocycles. The number of methoxy groups -OCH3 is 1. The van der Waals surface area contributed by atoms with Crippen molar-refractivity contribution in [3.8, 4) is 23.1 Å². The molecule has 1 aliphatic rings. The van der Waals surface area contributed by atoms with Crippen LogP contribution in [0.5, 0.6) is 5.75 Å². The van der Waals surface area contributed by atoms with Crippen LogP contribution in [-0.4, -0.2) is 75.4 Å². The molecule has 0 bridgehead atoms.